The van der Waals surface area contributed by atoms with Crippen LogP contribution in [0.25, 0.3) is 11.1 Å². The van der Waals surface area contributed by atoms with Crippen LogP contribution in [-0.4, -0.2) is 6.61 Å². The third-order valence-corrected chi connectivity index (χ3v) is 4.60. The van der Waals surface area contributed by atoms with Gasteiger partial charge in [-0.25, -0.2) is 4.39 Å². The molecule has 0 bridgehead atoms. The Bertz CT molecular complexity index is 1030. The Morgan fingerprint density at radius 2 is 1.62 bits per heavy atom. The maximum absolute atomic E-state index is 13.8. The summed E-state index contributed by atoms with van der Waals surface area (Å²) >= 11 is 5.76. The van der Waals surface area contributed by atoms with E-state index >= 15 is 0 Å². The summed E-state index contributed by atoms with van der Waals surface area (Å²) in [4.78, 5) is 0. The molecule has 0 saturated heterocycles. The first-order valence-electron chi connectivity index (χ1n) is 9.57. The highest BCUT2D eigenvalue weighted by molar-refractivity contribution is 6.30. The van der Waals surface area contributed by atoms with Crippen molar-refractivity contribution in [2.75, 3.05) is 6.61 Å². The van der Waals surface area contributed by atoms with Crippen molar-refractivity contribution in [3.63, 3.8) is 0 Å². The van der Waals surface area contributed by atoms with Gasteiger partial charge in [0.1, 0.15) is 11.6 Å². The van der Waals surface area contributed by atoms with Crippen molar-refractivity contribution < 1.29 is 9.13 Å². The number of hydrogen-bond acceptors (Lipinski definition) is 1. The van der Waals surface area contributed by atoms with Gasteiger partial charge in [0.05, 0.1) is 12.2 Å². The zero-order valence-corrected chi connectivity index (χ0v) is 17.0. The fraction of sp³-hybridized carbons (Fsp3) is 0.154. The molecule has 146 valence electrons. The lowest BCUT2D eigenvalue weighted by Crippen LogP contribution is -1.96. The third-order valence-electron chi connectivity index (χ3n) is 4.36. The number of unbranched alkanes of at least 4 members (excludes halogenated alkanes) is 1. The molecule has 0 saturated carbocycles. The molecule has 0 unspecified atom stereocenters. The van der Waals surface area contributed by atoms with E-state index in [0.29, 0.717) is 17.2 Å². The summed E-state index contributed by atoms with van der Waals surface area (Å²) < 4.78 is 19.6. The molecule has 3 aromatic carbocycles. The van der Waals surface area contributed by atoms with Gasteiger partial charge in [0.2, 0.25) is 0 Å². The van der Waals surface area contributed by atoms with Crippen molar-refractivity contribution in [2.45, 2.75) is 19.8 Å². The summed E-state index contributed by atoms with van der Waals surface area (Å²) in [5, 5.41) is 0.363. The quantitative estimate of drug-likeness (QED) is 0.238. The molecule has 29 heavy (non-hydrogen) atoms. The maximum Gasteiger partial charge on any atom is 0.140 e. The van der Waals surface area contributed by atoms with Crippen molar-refractivity contribution in [3.8, 4) is 28.7 Å². The topological polar surface area (TPSA) is 9.23 Å². The molecule has 0 radical (unpaired) electrons. The second-order valence-corrected chi connectivity index (χ2v) is 6.97. The molecule has 3 aromatic rings. The zero-order chi connectivity index (χ0) is 20.5. The van der Waals surface area contributed by atoms with E-state index in [9.17, 15) is 4.39 Å². The minimum absolute atomic E-state index is 0.333. The molecule has 0 spiro atoms. The van der Waals surface area contributed by atoms with E-state index in [1.165, 1.54) is 6.07 Å². The normalized spacial score (nSPS) is 10.6. The SMILES string of the molecule is CC=CCCCOc1ccc(-c2ccc(C#Cc3ccc(Cl)cc3F)cc2)cc1. The average molecular weight is 405 g/mol. The van der Waals surface area contributed by atoms with Crippen LogP contribution in [0.5, 0.6) is 5.75 Å². The van der Waals surface area contributed by atoms with Gasteiger partial charge in [-0.2, -0.15) is 0 Å². The van der Waals surface area contributed by atoms with E-state index in [2.05, 4.69) is 24.0 Å². The summed E-state index contributed by atoms with van der Waals surface area (Å²) in [6.45, 7) is 2.74. The average Bonchev–Trinajstić information content (AvgIpc) is 2.74. The molecule has 3 heteroatoms. The summed E-state index contributed by atoms with van der Waals surface area (Å²) in [5.74, 6) is 6.31. The second kappa shape index (κ2) is 10.5. The highest BCUT2D eigenvalue weighted by Gasteiger charge is 2.01. The van der Waals surface area contributed by atoms with Gasteiger partial charge in [-0.3, -0.25) is 0 Å². The summed E-state index contributed by atoms with van der Waals surface area (Å²) in [6, 6.07) is 20.4. The first-order valence-corrected chi connectivity index (χ1v) is 9.95. The minimum Gasteiger partial charge on any atom is -0.494 e. The standard InChI is InChI=1S/C26H22ClFO/c1-2-3-4-5-18-29-25-16-13-22(14-17-25)21-9-6-20(7-10-21)8-11-23-12-15-24(27)19-26(23)28/h2-3,6-7,9-10,12-17,19H,4-5,18H2,1H3. The lowest BCUT2D eigenvalue weighted by molar-refractivity contribution is 0.312. The van der Waals surface area contributed by atoms with Crippen molar-refractivity contribution in [2.24, 2.45) is 0 Å². The lowest BCUT2D eigenvalue weighted by Gasteiger charge is -2.07. The Hall–Kier alpha value is -3.02. The first-order chi connectivity index (χ1) is 14.2. The van der Waals surface area contributed by atoms with Gasteiger partial charge in [-0.15, -0.1) is 0 Å². The van der Waals surface area contributed by atoms with Gasteiger partial charge in [0.15, 0.2) is 0 Å². The predicted octanol–water partition coefficient (Wildman–Crippen LogP) is 7.28. The van der Waals surface area contributed by atoms with E-state index < -0.39 is 5.82 Å². The number of hydrogen-bond donors (Lipinski definition) is 0. The highest BCUT2D eigenvalue weighted by atomic mass is 35.5. The van der Waals surface area contributed by atoms with Crippen molar-refractivity contribution in [1.29, 1.82) is 0 Å². The molecule has 0 aromatic heterocycles. The van der Waals surface area contributed by atoms with E-state index in [1.54, 1.807) is 12.1 Å². The number of benzene rings is 3. The fourth-order valence-electron chi connectivity index (χ4n) is 2.78. The van der Waals surface area contributed by atoms with Crippen molar-refractivity contribution >= 4 is 11.6 Å². The van der Waals surface area contributed by atoms with Gasteiger partial charge in [0.25, 0.3) is 0 Å². The molecule has 3 rings (SSSR count). The number of ether oxygens (including phenoxy) is 1. The Morgan fingerprint density at radius 1 is 0.931 bits per heavy atom. The van der Waals surface area contributed by atoms with Crippen LogP contribution in [0.15, 0.2) is 78.9 Å². The Morgan fingerprint density at radius 3 is 2.28 bits per heavy atom. The van der Waals surface area contributed by atoms with Gasteiger partial charge in [-0.1, -0.05) is 59.9 Å². The van der Waals surface area contributed by atoms with E-state index in [-0.39, 0.29) is 0 Å². The van der Waals surface area contributed by atoms with Gasteiger partial charge in [0, 0.05) is 10.6 Å². The minimum atomic E-state index is -0.411. The van der Waals surface area contributed by atoms with Gasteiger partial charge in [-0.05, 0) is 73.4 Å². The van der Waals surface area contributed by atoms with Crippen LogP contribution in [0, 0.1) is 17.7 Å². The maximum atomic E-state index is 13.8. The van der Waals surface area contributed by atoms with Crippen LogP contribution < -0.4 is 4.74 Å². The van der Waals surface area contributed by atoms with Crippen LogP contribution >= 0.6 is 11.6 Å². The fourth-order valence-corrected chi connectivity index (χ4v) is 2.94. The molecule has 0 aliphatic heterocycles. The summed E-state index contributed by atoms with van der Waals surface area (Å²) in [6.07, 6.45) is 6.25. The number of rotatable bonds is 6. The molecular formula is C26H22ClFO. The van der Waals surface area contributed by atoms with E-state index in [0.717, 1.165) is 35.3 Å². The smallest absolute Gasteiger partial charge is 0.140 e. The molecule has 0 aliphatic carbocycles. The van der Waals surface area contributed by atoms with Crippen LogP contribution in [-0.2, 0) is 0 Å². The van der Waals surface area contributed by atoms with Crippen LogP contribution in [0.1, 0.15) is 30.9 Å². The van der Waals surface area contributed by atoms with Crippen LogP contribution in [0.4, 0.5) is 4.39 Å². The molecule has 0 aliphatic rings. The van der Waals surface area contributed by atoms with Gasteiger partial charge >= 0.3 is 0 Å². The lowest BCUT2D eigenvalue weighted by atomic mass is 10.0. The highest BCUT2D eigenvalue weighted by Crippen LogP contribution is 2.23. The molecule has 0 atom stereocenters. The largest absolute Gasteiger partial charge is 0.494 e. The molecule has 0 amide bonds. The second-order valence-electron chi connectivity index (χ2n) is 6.54. The van der Waals surface area contributed by atoms with Crippen LogP contribution in [0.3, 0.4) is 0 Å². The Balaban J connectivity index is 1.62. The Kier molecular flexibility index (Phi) is 7.50. The number of halogens is 2. The monoisotopic (exact) mass is 404 g/mol. The zero-order valence-electron chi connectivity index (χ0n) is 16.3. The molecule has 1 nitrogen and oxygen atoms in total. The molecular weight excluding hydrogens is 383 g/mol. The third kappa shape index (κ3) is 6.24. The molecule has 0 heterocycles. The van der Waals surface area contributed by atoms with Crippen molar-refractivity contribution in [1.82, 2.24) is 0 Å². The van der Waals surface area contributed by atoms with E-state index in [4.69, 9.17) is 16.3 Å². The molecule has 0 N–H and O–H groups in total. The first kappa shape index (κ1) is 20.7. The van der Waals surface area contributed by atoms with Crippen molar-refractivity contribution in [3.05, 3.63) is 101 Å². The van der Waals surface area contributed by atoms with Gasteiger partial charge < -0.3 is 4.74 Å². The van der Waals surface area contributed by atoms with Crippen LogP contribution in [0.2, 0.25) is 5.02 Å². The number of allylic oxidation sites excluding steroid dienone is 2. The Labute approximate surface area is 176 Å². The predicted molar refractivity (Wildman–Crippen MR) is 119 cm³/mol. The summed E-state index contributed by atoms with van der Waals surface area (Å²) in [5.41, 5.74) is 3.35. The summed E-state index contributed by atoms with van der Waals surface area (Å²) in [7, 11) is 0. The molecule has 0 fully saturated rings. The van der Waals surface area contributed by atoms with E-state index in [1.807, 2.05) is 55.5 Å².